The van der Waals surface area contributed by atoms with Crippen molar-refractivity contribution in [2.75, 3.05) is 5.43 Å². The zero-order valence-corrected chi connectivity index (χ0v) is 8.88. The fourth-order valence-electron chi connectivity index (χ4n) is 1.21. The van der Waals surface area contributed by atoms with Crippen LogP contribution in [0.5, 0.6) is 0 Å². The lowest BCUT2D eigenvalue weighted by atomic mass is 10.1. The summed E-state index contributed by atoms with van der Waals surface area (Å²) >= 11 is 0. The molecule has 0 aliphatic heterocycles. The Hall–Kier alpha value is -2.24. The summed E-state index contributed by atoms with van der Waals surface area (Å²) in [6.45, 7) is 2.13. The molecule has 0 saturated carbocycles. The third-order valence-corrected chi connectivity index (χ3v) is 2.11. The molecule has 1 aromatic heterocycles. The summed E-state index contributed by atoms with van der Waals surface area (Å²) in [5, 5.41) is 17.1. The molecular weight excluding hydrogens is 204 g/mol. The number of rotatable bonds is 4. The van der Waals surface area contributed by atoms with Crippen LogP contribution in [0.2, 0.25) is 0 Å². The van der Waals surface area contributed by atoms with Crippen LogP contribution in [0.25, 0.3) is 0 Å². The predicted octanol–water partition coefficient (Wildman–Crippen LogP) is 1.21. The Morgan fingerprint density at radius 3 is 2.81 bits per heavy atom. The molecule has 0 bridgehead atoms. The van der Waals surface area contributed by atoms with Crippen LogP contribution in [0, 0.1) is 0 Å². The number of hydrogen-bond donors (Lipinski definition) is 2. The van der Waals surface area contributed by atoms with E-state index in [0.717, 1.165) is 12.0 Å². The predicted molar refractivity (Wildman–Crippen MR) is 61.2 cm³/mol. The second-order valence-electron chi connectivity index (χ2n) is 3.20. The van der Waals surface area contributed by atoms with Gasteiger partial charge in [0.05, 0.1) is 6.21 Å². The smallest absolute Gasteiger partial charge is 0.243 e. The van der Waals surface area contributed by atoms with Crippen LogP contribution < -0.4 is 5.43 Å². The molecule has 1 heterocycles. The molecule has 6 nitrogen and oxygen atoms in total. The largest absolute Gasteiger partial charge is 0.283 e. The number of anilines is 1. The Labute approximate surface area is 92.8 Å². The maximum absolute atomic E-state index is 3.98. The first-order valence-corrected chi connectivity index (χ1v) is 5.00. The number of nitrogens with zero attached hydrogens (tertiary/aromatic N) is 4. The molecular formula is C10H12N6. The molecule has 0 aliphatic rings. The minimum absolute atomic E-state index is 0.349. The van der Waals surface area contributed by atoms with Crippen molar-refractivity contribution in [1.29, 1.82) is 0 Å². The van der Waals surface area contributed by atoms with Crippen molar-refractivity contribution in [3.8, 4) is 0 Å². The molecule has 2 N–H and O–H groups in total. The van der Waals surface area contributed by atoms with Crippen molar-refractivity contribution < 1.29 is 0 Å². The second-order valence-corrected chi connectivity index (χ2v) is 3.20. The van der Waals surface area contributed by atoms with E-state index in [4.69, 9.17) is 0 Å². The van der Waals surface area contributed by atoms with Gasteiger partial charge < -0.3 is 0 Å². The standard InChI is InChI=1S/C10H12N6/c1-2-8-3-5-9(6-4-8)7-11-12-10-13-15-16-14-10/h3-7H,2H2,1H3,(H2,12,13,14,15,16)/b11-7-. The minimum atomic E-state index is 0.349. The van der Waals surface area contributed by atoms with E-state index in [-0.39, 0.29) is 0 Å². The number of tetrazole rings is 1. The van der Waals surface area contributed by atoms with E-state index in [0.29, 0.717) is 5.95 Å². The highest BCUT2D eigenvalue weighted by Gasteiger charge is 1.92. The molecule has 0 saturated heterocycles. The molecule has 6 heteroatoms. The van der Waals surface area contributed by atoms with Gasteiger partial charge in [0.15, 0.2) is 0 Å². The lowest BCUT2D eigenvalue weighted by Crippen LogP contribution is -1.92. The van der Waals surface area contributed by atoms with Gasteiger partial charge in [0.2, 0.25) is 0 Å². The maximum atomic E-state index is 3.98. The lowest BCUT2D eigenvalue weighted by molar-refractivity contribution is 0.881. The molecule has 0 atom stereocenters. The summed E-state index contributed by atoms with van der Waals surface area (Å²) in [5.41, 5.74) is 4.99. The van der Waals surface area contributed by atoms with Crippen molar-refractivity contribution in [3.63, 3.8) is 0 Å². The Morgan fingerprint density at radius 1 is 1.38 bits per heavy atom. The van der Waals surface area contributed by atoms with Crippen LogP contribution in [0.15, 0.2) is 29.4 Å². The Morgan fingerprint density at radius 2 is 2.19 bits per heavy atom. The van der Waals surface area contributed by atoms with E-state index in [1.165, 1.54) is 5.56 Å². The quantitative estimate of drug-likeness (QED) is 0.594. The molecule has 2 rings (SSSR count). The van der Waals surface area contributed by atoms with Crippen molar-refractivity contribution >= 4 is 12.2 Å². The second kappa shape index (κ2) is 5.01. The first-order chi connectivity index (χ1) is 7.88. The number of hydrogen-bond acceptors (Lipinski definition) is 5. The maximum Gasteiger partial charge on any atom is 0.283 e. The fourth-order valence-corrected chi connectivity index (χ4v) is 1.21. The molecule has 0 aliphatic carbocycles. The molecule has 0 unspecified atom stereocenters. The van der Waals surface area contributed by atoms with E-state index in [9.17, 15) is 0 Å². The van der Waals surface area contributed by atoms with Crippen molar-refractivity contribution in [3.05, 3.63) is 35.4 Å². The van der Waals surface area contributed by atoms with Gasteiger partial charge in [-0.05, 0) is 22.8 Å². The van der Waals surface area contributed by atoms with Crippen molar-refractivity contribution in [2.45, 2.75) is 13.3 Å². The highest BCUT2D eigenvalue weighted by molar-refractivity contribution is 5.79. The summed E-state index contributed by atoms with van der Waals surface area (Å²) < 4.78 is 0. The number of nitrogens with one attached hydrogen (secondary N) is 2. The van der Waals surface area contributed by atoms with E-state index in [1.54, 1.807) is 6.21 Å². The summed E-state index contributed by atoms with van der Waals surface area (Å²) in [6.07, 6.45) is 2.74. The Kier molecular flexibility index (Phi) is 3.22. The number of benzene rings is 1. The van der Waals surface area contributed by atoms with Gasteiger partial charge in [-0.2, -0.15) is 10.3 Å². The zero-order valence-electron chi connectivity index (χ0n) is 8.88. The van der Waals surface area contributed by atoms with E-state index < -0.39 is 0 Å². The van der Waals surface area contributed by atoms with Crippen molar-refractivity contribution in [1.82, 2.24) is 20.6 Å². The zero-order chi connectivity index (χ0) is 11.2. The molecule has 0 amide bonds. The van der Waals surface area contributed by atoms with Gasteiger partial charge in [-0.15, -0.1) is 5.10 Å². The number of hydrazone groups is 1. The van der Waals surface area contributed by atoms with Gasteiger partial charge in [0.25, 0.3) is 5.95 Å². The van der Waals surface area contributed by atoms with E-state index in [1.807, 2.05) is 12.1 Å². The van der Waals surface area contributed by atoms with Gasteiger partial charge in [-0.1, -0.05) is 36.3 Å². The number of H-pyrrole nitrogens is 1. The average Bonchev–Trinajstić information content (AvgIpc) is 2.83. The SMILES string of the molecule is CCc1ccc(/C=N\Nc2nn[nH]n2)cc1. The minimum Gasteiger partial charge on any atom is -0.243 e. The summed E-state index contributed by atoms with van der Waals surface area (Å²) in [6, 6.07) is 8.19. The Bertz CT molecular complexity index is 445. The van der Waals surface area contributed by atoms with Gasteiger partial charge in [-0.3, -0.25) is 0 Å². The van der Waals surface area contributed by atoms with Crippen LogP contribution in [0.3, 0.4) is 0 Å². The van der Waals surface area contributed by atoms with Gasteiger partial charge in [-0.25, -0.2) is 5.43 Å². The molecule has 0 fully saturated rings. The molecule has 1 aromatic carbocycles. The van der Waals surface area contributed by atoms with Crippen LogP contribution in [0.4, 0.5) is 5.95 Å². The van der Waals surface area contributed by atoms with Crippen molar-refractivity contribution in [2.24, 2.45) is 5.10 Å². The topological polar surface area (TPSA) is 78.9 Å². The normalized spacial score (nSPS) is 10.8. The van der Waals surface area contributed by atoms with E-state index in [2.05, 4.69) is 50.2 Å². The fraction of sp³-hybridized carbons (Fsp3) is 0.200. The molecule has 16 heavy (non-hydrogen) atoms. The van der Waals surface area contributed by atoms with Crippen LogP contribution in [-0.4, -0.2) is 26.8 Å². The van der Waals surface area contributed by atoms with Gasteiger partial charge >= 0.3 is 0 Å². The van der Waals surface area contributed by atoms with E-state index >= 15 is 0 Å². The first kappa shape index (κ1) is 10.3. The lowest BCUT2D eigenvalue weighted by Gasteiger charge is -1.96. The summed E-state index contributed by atoms with van der Waals surface area (Å²) in [4.78, 5) is 0. The van der Waals surface area contributed by atoms with Gasteiger partial charge in [0, 0.05) is 0 Å². The first-order valence-electron chi connectivity index (χ1n) is 5.00. The average molecular weight is 216 g/mol. The van der Waals surface area contributed by atoms with Crippen LogP contribution in [-0.2, 0) is 6.42 Å². The monoisotopic (exact) mass is 216 g/mol. The summed E-state index contributed by atoms with van der Waals surface area (Å²) in [5.74, 6) is 0.349. The molecule has 0 radical (unpaired) electrons. The number of aromatic nitrogens is 4. The van der Waals surface area contributed by atoms with Crippen LogP contribution in [0.1, 0.15) is 18.1 Å². The highest BCUT2D eigenvalue weighted by Crippen LogP contribution is 2.02. The van der Waals surface area contributed by atoms with Crippen LogP contribution >= 0.6 is 0 Å². The molecule has 0 spiro atoms. The summed E-state index contributed by atoms with van der Waals surface area (Å²) in [7, 11) is 0. The van der Waals surface area contributed by atoms with Gasteiger partial charge in [0.1, 0.15) is 0 Å². The number of aromatic amines is 1. The molecule has 82 valence electrons. The number of aryl methyl sites for hydroxylation is 1. The Balaban J connectivity index is 1.95. The third kappa shape index (κ3) is 2.63. The highest BCUT2D eigenvalue weighted by atomic mass is 15.5. The third-order valence-electron chi connectivity index (χ3n) is 2.11. The molecule has 2 aromatic rings.